The first kappa shape index (κ1) is 20.8. The van der Waals surface area contributed by atoms with E-state index in [2.05, 4.69) is 6.92 Å². The quantitative estimate of drug-likeness (QED) is 0.225. The van der Waals surface area contributed by atoms with Crippen molar-refractivity contribution in [2.75, 3.05) is 6.61 Å². The number of carbonyl (C=O) groups is 1. The summed E-state index contributed by atoms with van der Waals surface area (Å²) in [5, 5.41) is 19.5. The molecule has 0 radical (unpaired) electrons. The molecule has 138 valence electrons. The minimum Gasteiger partial charge on any atom is -0.508 e. The highest BCUT2D eigenvalue weighted by Gasteiger charge is 2.02. The largest absolute Gasteiger partial charge is 0.508 e. The van der Waals surface area contributed by atoms with Crippen molar-refractivity contribution in [2.24, 2.45) is 0 Å². The van der Waals surface area contributed by atoms with E-state index in [0.717, 1.165) is 18.4 Å². The van der Waals surface area contributed by atoms with Crippen LogP contribution in [0.1, 0.15) is 64.4 Å². The van der Waals surface area contributed by atoms with E-state index in [0.29, 0.717) is 18.8 Å². The van der Waals surface area contributed by atoms with Gasteiger partial charge in [0.25, 0.3) is 0 Å². The van der Waals surface area contributed by atoms with Crippen LogP contribution in [-0.4, -0.2) is 22.6 Å². The fraction of sp³-hybridized carbons (Fsp3) is 0.476. The molecule has 2 N–H and O–H groups in total. The van der Waals surface area contributed by atoms with Gasteiger partial charge in [-0.3, -0.25) is 4.79 Å². The maximum Gasteiger partial charge on any atom is 0.161 e. The van der Waals surface area contributed by atoms with Crippen molar-refractivity contribution >= 4 is 11.9 Å². The Kier molecular flexibility index (Phi) is 10.1. The summed E-state index contributed by atoms with van der Waals surface area (Å²) in [6, 6.07) is 4.93. The van der Waals surface area contributed by atoms with Gasteiger partial charge in [-0.05, 0) is 37.1 Å². The van der Waals surface area contributed by atoms with Gasteiger partial charge in [0.1, 0.15) is 5.76 Å². The number of benzene rings is 1. The molecule has 0 heterocycles. The van der Waals surface area contributed by atoms with Crippen LogP contribution in [0.25, 0.3) is 6.08 Å². The zero-order chi connectivity index (χ0) is 18.5. The summed E-state index contributed by atoms with van der Waals surface area (Å²) < 4.78 is 5.31. The van der Waals surface area contributed by atoms with Crippen LogP contribution in [0.5, 0.6) is 11.5 Å². The van der Waals surface area contributed by atoms with Crippen LogP contribution in [0.3, 0.4) is 0 Å². The smallest absolute Gasteiger partial charge is 0.161 e. The Hall–Kier alpha value is -2.23. The predicted octanol–water partition coefficient (Wildman–Crippen LogP) is 5.57. The van der Waals surface area contributed by atoms with E-state index in [-0.39, 0.29) is 17.3 Å². The number of aliphatic hydroxyl groups is 1. The second-order valence-corrected chi connectivity index (χ2v) is 6.05. The molecule has 0 aromatic heterocycles. The maximum absolute atomic E-state index is 11.8. The number of phenols is 1. The number of aliphatic hydroxyl groups excluding tert-OH is 1. The fourth-order valence-corrected chi connectivity index (χ4v) is 2.45. The van der Waals surface area contributed by atoms with Gasteiger partial charge >= 0.3 is 0 Å². The number of hydrogen-bond donors (Lipinski definition) is 2. The van der Waals surface area contributed by atoms with Gasteiger partial charge in [0.15, 0.2) is 17.3 Å². The van der Waals surface area contributed by atoms with Crippen molar-refractivity contribution in [3.63, 3.8) is 0 Å². The Morgan fingerprint density at radius 2 is 1.84 bits per heavy atom. The fourth-order valence-electron chi connectivity index (χ4n) is 2.45. The lowest BCUT2D eigenvalue weighted by Crippen LogP contribution is -1.94. The number of aromatic hydroxyl groups is 1. The summed E-state index contributed by atoms with van der Waals surface area (Å²) >= 11 is 0. The third-order valence-electron chi connectivity index (χ3n) is 3.82. The highest BCUT2D eigenvalue weighted by Crippen LogP contribution is 2.27. The Labute approximate surface area is 150 Å². The molecule has 1 rings (SSSR count). The van der Waals surface area contributed by atoms with E-state index in [1.165, 1.54) is 43.9 Å². The molecule has 1 aromatic carbocycles. The molecule has 25 heavy (non-hydrogen) atoms. The van der Waals surface area contributed by atoms with Crippen LogP contribution >= 0.6 is 0 Å². The molecule has 4 heteroatoms. The van der Waals surface area contributed by atoms with Gasteiger partial charge in [0, 0.05) is 12.5 Å². The van der Waals surface area contributed by atoms with Gasteiger partial charge in [-0.15, -0.1) is 0 Å². The van der Waals surface area contributed by atoms with Crippen LogP contribution in [0.4, 0.5) is 0 Å². The molecule has 0 saturated carbocycles. The van der Waals surface area contributed by atoms with Crippen molar-refractivity contribution in [3.8, 4) is 11.5 Å². The topological polar surface area (TPSA) is 66.8 Å². The van der Waals surface area contributed by atoms with Crippen LogP contribution in [0, 0.1) is 0 Å². The van der Waals surface area contributed by atoms with Gasteiger partial charge in [-0.25, -0.2) is 0 Å². The number of ketones is 1. The highest BCUT2D eigenvalue weighted by molar-refractivity contribution is 5.90. The third-order valence-corrected chi connectivity index (χ3v) is 3.82. The molecular formula is C21H30O4. The molecule has 0 fully saturated rings. The first-order chi connectivity index (χ1) is 12.1. The average Bonchev–Trinajstić information content (AvgIpc) is 2.59. The first-order valence-electron chi connectivity index (χ1n) is 9.14. The Morgan fingerprint density at radius 1 is 1.12 bits per heavy atom. The lowest BCUT2D eigenvalue weighted by atomic mass is 10.1. The molecule has 4 nitrogen and oxygen atoms in total. The van der Waals surface area contributed by atoms with Crippen molar-refractivity contribution in [1.29, 1.82) is 0 Å². The Morgan fingerprint density at radius 3 is 2.56 bits per heavy atom. The van der Waals surface area contributed by atoms with Gasteiger partial charge in [-0.1, -0.05) is 51.2 Å². The molecule has 0 aliphatic carbocycles. The van der Waals surface area contributed by atoms with Crippen molar-refractivity contribution in [1.82, 2.24) is 0 Å². The van der Waals surface area contributed by atoms with Gasteiger partial charge in [0.2, 0.25) is 0 Å². The van der Waals surface area contributed by atoms with E-state index in [1.54, 1.807) is 18.2 Å². The average molecular weight is 346 g/mol. The predicted molar refractivity (Wildman–Crippen MR) is 102 cm³/mol. The molecule has 0 aliphatic rings. The van der Waals surface area contributed by atoms with E-state index < -0.39 is 0 Å². The van der Waals surface area contributed by atoms with Gasteiger partial charge in [-0.2, -0.15) is 0 Å². The molecule has 0 atom stereocenters. The number of carbonyl (C=O) groups excluding carboxylic acids is 1. The number of rotatable bonds is 12. The normalized spacial score (nSPS) is 11.8. The molecule has 1 aromatic rings. The van der Waals surface area contributed by atoms with Crippen molar-refractivity contribution in [2.45, 2.75) is 58.8 Å². The monoisotopic (exact) mass is 346 g/mol. The molecule has 0 unspecified atom stereocenters. The molecule has 0 aliphatic heterocycles. The van der Waals surface area contributed by atoms with Gasteiger partial charge < -0.3 is 14.9 Å². The maximum atomic E-state index is 11.8. The number of hydrogen-bond acceptors (Lipinski definition) is 4. The van der Waals surface area contributed by atoms with Crippen LogP contribution in [0.2, 0.25) is 0 Å². The Bertz CT molecular complexity index is 588. The van der Waals surface area contributed by atoms with Gasteiger partial charge in [0.05, 0.1) is 6.61 Å². The molecule has 0 bridgehead atoms. The summed E-state index contributed by atoms with van der Waals surface area (Å²) in [4.78, 5) is 11.8. The SMILES string of the molecule is CCCCCCCCC(=O)C=C(O)C=Cc1ccc(O)c(OCC)c1. The number of phenolic OH excluding ortho intramolecular Hbond substituents is 1. The zero-order valence-corrected chi connectivity index (χ0v) is 15.3. The summed E-state index contributed by atoms with van der Waals surface area (Å²) in [6.07, 6.45) is 11.7. The van der Waals surface area contributed by atoms with E-state index in [9.17, 15) is 15.0 Å². The van der Waals surface area contributed by atoms with Crippen molar-refractivity contribution in [3.05, 3.63) is 41.7 Å². The minimum absolute atomic E-state index is 0.0571. The van der Waals surface area contributed by atoms with E-state index >= 15 is 0 Å². The summed E-state index contributed by atoms with van der Waals surface area (Å²) in [6.45, 7) is 4.48. The summed E-state index contributed by atoms with van der Waals surface area (Å²) in [5.74, 6) is 0.348. The highest BCUT2D eigenvalue weighted by atomic mass is 16.5. The summed E-state index contributed by atoms with van der Waals surface area (Å²) in [5.41, 5.74) is 0.768. The second kappa shape index (κ2) is 12.2. The van der Waals surface area contributed by atoms with E-state index in [4.69, 9.17) is 4.74 Å². The third kappa shape index (κ3) is 8.99. The Balaban J connectivity index is 2.47. The number of ether oxygens (including phenoxy) is 1. The molecule has 0 amide bonds. The molecular weight excluding hydrogens is 316 g/mol. The number of unbranched alkanes of at least 4 members (excludes halogenated alkanes) is 5. The second-order valence-electron chi connectivity index (χ2n) is 6.05. The van der Waals surface area contributed by atoms with Crippen molar-refractivity contribution < 1.29 is 19.7 Å². The van der Waals surface area contributed by atoms with Crippen LogP contribution < -0.4 is 4.74 Å². The first-order valence-corrected chi connectivity index (χ1v) is 9.14. The van der Waals surface area contributed by atoms with Crippen LogP contribution in [-0.2, 0) is 4.79 Å². The number of allylic oxidation sites excluding steroid dienone is 2. The zero-order valence-electron chi connectivity index (χ0n) is 15.3. The lowest BCUT2D eigenvalue weighted by molar-refractivity contribution is -0.114. The molecule has 0 saturated heterocycles. The molecule has 0 spiro atoms. The van der Waals surface area contributed by atoms with Crippen LogP contribution in [0.15, 0.2) is 36.1 Å². The summed E-state index contributed by atoms with van der Waals surface area (Å²) in [7, 11) is 0. The standard InChI is InChI=1S/C21H30O4/c1-3-5-6-7-8-9-10-18(22)16-19(23)13-11-17-12-14-20(24)21(15-17)25-4-2/h11-16,23-24H,3-10H2,1-2H3. The lowest BCUT2D eigenvalue weighted by Gasteiger charge is -2.06. The van der Waals surface area contributed by atoms with E-state index in [1.807, 2.05) is 6.92 Å². The minimum atomic E-state index is -0.0676.